The Balaban J connectivity index is 1.76. The van der Waals surface area contributed by atoms with Gasteiger partial charge in [0.05, 0.1) is 0 Å². The number of hydrogen-bond acceptors (Lipinski definition) is 4. The molecule has 16 heavy (non-hydrogen) atoms. The number of thioether (sulfide) groups is 1. The molecule has 1 unspecified atom stereocenters. The van der Waals surface area contributed by atoms with Crippen LogP contribution in [0.3, 0.4) is 0 Å². The molecule has 4 nitrogen and oxygen atoms in total. The van der Waals surface area contributed by atoms with Crippen molar-refractivity contribution in [3.05, 3.63) is 5.82 Å². The molecule has 5 heteroatoms. The van der Waals surface area contributed by atoms with Gasteiger partial charge in [0.15, 0.2) is 5.16 Å². The molecule has 1 aromatic rings. The fourth-order valence-electron chi connectivity index (χ4n) is 2.42. The molecule has 1 saturated heterocycles. The summed E-state index contributed by atoms with van der Waals surface area (Å²) in [4.78, 5) is 0. The Kier molecular flexibility index (Phi) is 3.15. The minimum absolute atomic E-state index is 0.691. The first-order valence-corrected chi connectivity index (χ1v) is 7.11. The fourth-order valence-corrected chi connectivity index (χ4v) is 3.57. The second-order valence-electron chi connectivity index (χ2n) is 4.59. The number of nitrogens with zero attached hydrogens (tertiary/aromatic N) is 3. The van der Waals surface area contributed by atoms with Crippen LogP contribution < -0.4 is 5.32 Å². The molecular weight excluding hydrogens is 220 g/mol. The Hall–Kier alpha value is -0.550. The predicted molar refractivity (Wildman–Crippen MR) is 64.7 cm³/mol. The summed E-state index contributed by atoms with van der Waals surface area (Å²) >= 11 is 1.91. The maximum Gasteiger partial charge on any atom is 0.191 e. The van der Waals surface area contributed by atoms with Crippen molar-refractivity contribution >= 4 is 11.8 Å². The van der Waals surface area contributed by atoms with E-state index in [-0.39, 0.29) is 0 Å². The van der Waals surface area contributed by atoms with E-state index in [1.54, 1.807) is 0 Å². The van der Waals surface area contributed by atoms with Crippen molar-refractivity contribution in [1.29, 1.82) is 0 Å². The SMILES string of the molecule is C1CCc2nnc(SC3CCNC3)n2CC1. The van der Waals surface area contributed by atoms with Gasteiger partial charge in [-0.15, -0.1) is 10.2 Å². The number of fused-ring (bicyclic) bond motifs is 1. The molecule has 1 aromatic heterocycles. The van der Waals surface area contributed by atoms with Crippen LogP contribution in [0.2, 0.25) is 0 Å². The molecule has 0 amide bonds. The maximum atomic E-state index is 4.35. The first kappa shape index (κ1) is 10.6. The highest BCUT2D eigenvalue weighted by Crippen LogP contribution is 2.27. The smallest absolute Gasteiger partial charge is 0.191 e. The van der Waals surface area contributed by atoms with Crippen LogP contribution in [-0.2, 0) is 13.0 Å². The molecule has 0 aromatic carbocycles. The van der Waals surface area contributed by atoms with Gasteiger partial charge in [-0.05, 0) is 25.8 Å². The van der Waals surface area contributed by atoms with Crippen molar-refractivity contribution < 1.29 is 0 Å². The fraction of sp³-hybridized carbons (Fsp3) is 0.818. The maximum absolute atomic E-state index is 4.35. The third-order valence-corrected chi connectivity index (χ3v) is 4.61. The number of aryl methyl sites for hydroxylation is 1. The largest absolute Gasteiger partial charge is 0.316 e. The zero-order chi connectivity index (χ0) is 10.8. The lowest BCUT2D eigenvalue weighted by Crippen LogP contribution is -2.11. The van der Waals surface area contributed by atoms with Crippen LogP contribution >= 0.6 is 11.8 Å². The molecule has 2 aliphatic heterocycles. The summed E-state index contributed by atoms with van der Waals surface area (Å²) in [6.07, 6.45) is 6.25. The summed E-state index contributed by atoms with van der Waals surface area (Å²) in [6, 6.07) is 0. The molecule has 0 radical (unpaired) electrons. The minimum atomic E-state index is 0.691. The van der Waals surface area contributed by atoms with Gasteiger partial charge < -0.3 is 9.88 Å². The number of aromatic nitrogens is 3. The van der Waals surface area contributed by atoms with Gasteiger partial charge >= 0.3 is 0 Å². The average molecular weight is 238 g/mol. The van der Waals surface area contributed by atoms with Crippen LogP contribution in [0.4, 0.5) is 0 Å². The molecule has 3 rings (SSSR count). The van der Waals surface area contributed by atoms with E-state index < -0.39 is 0 Å². The monoisotopic (exact) mass is 238 g/mol. The van der Waals surface area contributed by atoms with Gasteiger partial charge in [-0.25, -0.2) is 0 Å². The van der Waals surface area contributed by atoms with E-state index in [9.17, 15) is 0 Å². The zero-order valence-electron chi connectivity index (χ0n) is 9.48. The van der Waals surface area contributed by atoms with Crippen LogP contribution in [0.5, 0.6) is 0 Å². The van der Waals surface area contributed by atoms with Gasteiger partial charge in [-0.1, -0.05) is 18.2 Å². The second kappa shape index (κ2) is 4.75. The molecular formula is C11H18N4S. The number of rotatable bonds is 2. The van der Waals surface area contributed by atoms with E-state index in [0.29, 0.717) is 5.25 Å². The van der Waals surface area contributed by atoms with E-state index >= 15 is 0 Å². The summed E-state index contributed by atoms with van der Waals surface area (Å²) in [5.74, 6) is 1.20. The first-order chi connectivity index (χ1) is 7.93. The molecule has 0 bridgehead atoms. The second-order valence-corrected chi connectivity index (χ2v) is 5.86. The number of hydrogen-bond donors (Lipinski definition) is 1. The molecule has 3 heterocycles. The molecule has 0 aliphatic carbocycles. The summed E-state index contributed by atoms with van der Waals surface area (Å²) in [5, 5.41) is 13.9. The van der Waals surface area contributed by atoms with Gasteiger partial charge in [0.25, 0.3) is 0 Å². The summed E-state index contributed by atoms with van der Waals surface area (Å²) < 4.78 is 2.34. The highest BCUT2D eigenvalue weighted by atomic mass is 32.2. The summed E-state index contributed by atoms with van der Waals surface area (Å²) in [5.41, 5.74) is 0. The molecule has 88 valence electrons. The normalized spacial score (nSPS) is 25.4. The van der Waals surface area contributed by atoms with Gasteiger partial charge in [0.2, 0.25) is 0 Å². The van der Waals surface area contributed by atoms with Gasteiger partial charge in [0.1, 0.15) is 5.82 Å². The van der Waals surface area contributed by atoms with E-state index in [1.807, 2.05) is 11.8 Å². The quantitative estimate of drug-likeness (QED) is 0.847. The predicted octanol–water partition coefficient (Wildman–Crippen LogP) is 1.46. The van der Waals surface area contributed by atoms with Crippen LogP contribution in [0.25, 0.3) is 0 Å². The van der Waals surface area contributed by atoms with Crippen molar-refractivity contribution in [2.75, 3.05) is 13.1 Å². The van der Waals surface area contributed by atoms with E-state index in [4.69, 9.17) is 0 Å². The zero-order valence-corrected chi connectivity index (χ0v) is 10.3. The Labute approximate surface area is 100 Å². The van der Waals surface area contributed by atoms with Crippen molar-refractivity contribution in [2.45, 2.75) is 49.1 Å². The standard InChI is InChI=1S/C11H18N4S/c1-2-4-10-13-14-11(15(10)7-3-1)16-9-5-6-12-8-9/h9,12H,1-8H2. The lowest BCUT2D eigenvalue weighted by molar-refractivity contribution is 0.590. The molecule has 0 spiro atoms. The highest BCUT2D eigenvalue weighted by Gasteiger charge is 2.21. The lowest BCUT2D eigenvalue weighted by Gasteiger charge is -2.09. The Morgan fingerprint density at radius 1 is 1.25 bits per heavy atom. The molecule has 1 atom stereocenters. The summed E-state index contributed by atoms with van der Waals surface area (Å²) in [6.45, 7) is 3.39. The molecule has 1 fully saturated rings. The van der Waals surface area contributed by atoms with Crippen LogP contribution in [-0.4, -0.2) is 33.1 Å². The van der Waals surface area contributed by atoms with E-state index in [0.717, 1.165) is 31.2 Å². The van der Waals surface area contributed by atoms with Crippen molar-refractivity contribution in [1.82, 2.24) is 20.1 Å². The topological polar surface area (TPSA) is 42.7 Å². The minimum Gasteiger partial charge on any atom is -0.316 e. The van der Waals surface area contributed by atoms with Crippen LogP contribution in [0, 0.1) is 0 Å². The number of nitrogens with one attached hydrogen (secondary N) is 1. The van der Waals surface area contributed by atoms with Crippen molar-refractivity contribution in [3.8, 4) is 0 Å². The van der Waals surface area contributed by atoms with Gasteiger partial charge in [-0.2, -0.15) is 0 Å². The van der Waals surface area contributed by atoms with E-state index in [2.05, 4.69) is 20.1 Å². The van der Waals surface area contributed by atoms with Gasteiger partial charge in [-0.3, -0.25) is 0 Å². The molecule has 0 saturated carbocycles. The average Bonchev–Trinajstić information content (AvgIpc) is 2.86. The van der Waals surface area contributed by atoms with Crippen molar-refractivity contribution in [3.63, 3.8) is 0 Å². The van der Waals surface area contributed by atoms with E-state index in [1.165, 1.54) is 31.5 Å². The lowest BCUT2D eigenvalue weighted by atomic mass is 10.2. The Bertz CT molecular complexity index is 357. The van der Waals surface area contributed by atoms with Crippen molar-refractivity contribution in [2.24, 2.45) is 0 Å². The van der Waals surface area contributed by atoms with Crippen LogP contribution in [0.1, 0.15) is 31.5 Å². The first-order valence-electron chi connectivity index (χ1n) is 6.23. The van der Waals surface area contributed by atoms with Gasteiger partial charge in [0, 0.05) is 24.8 Å². The molecule has 1 N–H and O–H groups in total. The molecule has 2 aliphatic rings. The third kappa shape index (κ3) is 2.11. The highest BCUT2D eigenvalue weighted by molar-refractivity contribution is 7.99. The Morgan fingerprint density at radius 3 is 3.12 bits per heavy atom. The summed E-state index contributed by atoms with van der Waals surface area (Å²) in [7, 11) is 0. The Morgan fingerprint density at radius 2 is 2.25 bits per heavy atom. The van der Waals surface area contributed by atoms with Crippen LogP contribution in [0.15, 0.2) is 5.16 Å². The third-order valence-electron chi connectivity index (χ3n) is 3.36.